The summed E-state index contributed by atoms with van der Waals surface area (Å²) in [5.74, 6) is -0.815. The fourth-order valence-electron chi connectivity index (χ4n) is 7.63. The number of hydrogen-bond acceptors (Lipinski definition) is 4. The first-order valence-electron chi connectivity index (χ1n) is 13.2. The van der Waals surface area contributed by atoms with Crippen LogP contribution in [0.2, 0.25) is 0 Å². The van der Waals surface area contributed by atoms with Crippen molar-refractivity contribution in [2.24, 2.45) is 35.5 Å². The minimum Gasteiger partial charge on any atom is -0.279 e. The summed E-state index contributed by atoms with van der Waals surface area (Å²) in [6.07, 6.45) is 11.2. The highest BCUT2D eigenvalue weighted by atomic mass is 16.2. The Kier molecular flexibility index (Phi) is 5.98. The molecule has 0 N–H and O–H groups in total. The van der Waals surface area contributed by atoms with Crippen molar-refractivity contribution in [1.29, 1.82) is 0 Å². The van der Waals surface area contributed by atoms with Gasteiger partial charge in [-0.3, -0.25) is 29.0 Å². The molecular formula is C27H38N2O4. The summed E-state index contributed by atoms with van der Waals surface area (Å²) in [7, 11) is 0. The van der Waals surface area contributed by atoms with Crippen LogP contribution in [-0.2, 0) is 19.2 Å². The molecule has 0 bridgehead atoms. The molecule has 0 unspecified atom stereocenters. The first kappa shape index (κ1) is 22.8. The molecule has 6 heteroatoms. The Morgan fingerprint density at radius 1 is 0.727 bits per heavy atom. The fraction of sp³-hybridized carbons (Fsp3) is 0.778. The van der Waals surface area contributed by atoms with E-state index in [4.69, 9.17) is 0 Å². The van der Waals surface area contributed by atoms with Gasteiger partial charge < -0.3 is 0 Å². The first-order chi connectivity index (χ1) is 15.8. The number of amides is 4. The molecule has 2 heterocycles. The SMILES string of the molecule is CC1=C[C@H]([C@@H]2CC(=O)N([C@@H]3CCCC[C@@H]3C)C2=O)C[C@@H]2C(=O)N([C@@H]3CCCC[C@H]3C)C(=O)[C@@H]12. The van der Waals surface area contributed by atoms with E-state index in [9.17, 15) is 19.2 Å². The third-order valence-electron chi connectivity index (χ3n) is 9.48. The zero-order valence-corrected chi connectivity index (χ0v) is 20.3. The summed E-state index contributed by atoms with van der Waals surface area (Å²) < 4.78 is 0. The van der Waals surface area contributed by atoms with Gasteiger partial charge in [-0.1, -0.05) is 51.2 Å². The molecule has 6 nitrogen and oxygen atoms in total. The van der Waals surface area contributed by atoms with Crippen LogP contribution >= 0.6 is 0 Å². The molecular weight excluding hydrogens is 416 g/mol. The van der Waals surface area contributed by atoms with Crippen molar-refractivity contribution in [2.45, 2.75) is 97.1 Å². The standard InChI is InChI=1S/C27H38N2O4/c1-15-8-4-6-10-21(15)28-23(30)14-19(25(28)31)18-12-17(3)24-20(13-18)26(32)29(27(24)33)22-11-7-5-9-16(22)2/h12,15-16,18-22,24H,4-11,13-14H2,1-3H3/t15-,16+,18-,19-,20-,21+,22+,24-/m0/s1. The zero-order chi connectivity index (χ0) is 23.4. The summed E-state index contributed by atoms with van der Waals surface area (Å²) in [6.45, 7) is 6.24. The van der Waals surface area contributed by atoms with Crippen LogP contribution in [0, 0.1) is 35.5 Å². The third kappa shape index (κ3) is 3.68. The Labute approximate surface area is 197 Å². The van der Waals surface area contributed by atoms with E-state index in [0.29, 0.717) is 18.3 Å². The van der Waals surface area contributed by atoms with Gasteiger partial charge in [-0.2, -0.15) is 0 Å². The van der Waals surface area contributed by atoms with Gasteiger partial charge in [0.15, 0.2) is 0 Å². The molecule has 3 aliphatic carbocycles. The van der Waals surface area contributed by atoms with Gasteiger partial charge in [-0.15, -0.1) is 0 Å². The highest BCUT2D eigenvalue weighted by molar-refractivity contribution is 6.07. The number of carbonyl (C=O) groups is 4. The number of carbonyl (C=O) groups excluding carboxylic acids is 4. The molecule has 33 heavy (non-hydrogen) atoms. The molecule has 5 rings (SSSR count). The van der Waals surface area contributed by atoms with Gasteiger partial charge in [0.05, 0.1) is 17.8 Å². The van der Waals surface area contributed by atoms with Gasteiger partial charge in [-0.25, -0.2) is 0 Å². The second-order valence-corrected chi connectivity index (χ2v) is 11.5. The highest BCUT2D eigenvalue weighted by Gasteiger charge is 2.56. The predicted molar refractivity (Wildman–Crippen MR) is 123 cm³/mol. The van der Waals surface area contributed by atoms with Crippen LogP contribution in [0.1, 0.15) is 85.0 Å². The van der Waals surface area contributed by atoms with Crippen molar-refractivity contribution < 1.29 is 19.2 Å². The van der Waals surface area contributed by atoms with Gasteiger partial charge in [0.25, 0.3) is 0 Å². The number of likely N-dealkylation sites (tertiary alicyclic amines) is 2. The van der Waals surface area contributed by atoms with Crippen LogP contribution in [0.25, 0.3) is 0 Å². The molecule has 0 aromatic heterocycles. The van der Waals surface area contributed by atoms with Crippen molar-refractivity contribution in [3.63, 3.8) is 0 Å². The number of hydrogen-bond donors (Lipinski definition) is 0. The maximum atomic E-state index is 13.5. The normalized spacial score (nSPS) is 42.1. The summed E-state index contributed by atoms with van der Waals surface area (Å²) in [4.78, 5) is 56.5. The Morgan fingerprint density at radius 3 is 1.88 bits per heavy atom. The quantitative estimate of drug-likeness (QED) is 0.476. The Morgan fingerprint density at radius 2 is 1.27 bits per heavy atom. The maximum absolute atomic E-state index is 13.5. The smallest absolute Gasteiger partial charge is 0.237 e. The van der Waals surface area contributed by atoms with Crippen LogP contribution in [0.15, 0.2) is 11.6 Å². The van der Waals surface area contributed by atoms with Crippen LogP contribution in [-0.4, -0.2) is 45.5 Å². The summed E-state index contributed by atoms with van der Waals surface area (Å²) in [6, 6.07) is 0.0247. The van der Waals surface area contributed by atoms with Crippen molar-refractivity contribution in [1.82, 2.24) is 9.80 Å². The third-order valence-corrected chi connectivity index (χ3v) is 9.48. The van der Waals surface area contributed by atoms with Gasteiger partial charge in [0.2, 0.25) is 23.6 Å². The number of allylic oxidation sites excluding steroid dienone is 1. The van der Waals surface area contributed by atoms with Gasteiger partial charge in [0.1, 0.15) is 0 Å². The summed E-state index contributed by atoms with van der Waals surface area (Å²) >= 11 is 0. The second-order valence-electron chi connectivity index (χ2n) is 11.5. The number of imide groups is 2. The van der Waals surface area contributed by atoms with Crippen LogP contribution in [0.3, 0.4) is 0 Å². The Balaban J connectivity index is 1.36. The van der Waals surface area contributed by atoms with Crippen LogP contribution in [0.4, 0.5) is 0 Å². The second kappa shape index (κ2) is 8.66. The van der Waals surface area contributed by atoms with E-state index >= 15 is 0 Å². The average Bonchev–Trinajstić information content (AvgIpc) is 3.22. The average molecular weight is 455 g/mol. The topological polar surface area (TPSA) is 74.8 Å². The van der Waals surface area contributed by atoms with E-state index in [-0.39, 0.29) is 59.9 Å². The van der Waals surface area contributed by atoms with Gasteiger partial charge >= 0.3 is 0 Å². The molecule has 0 radical (unpaired) electrons. The molecule has 4 amide bonds. The lowest BCUT2D eigenvalue weighted by atomic mass is 9.71. The number of fused-ring (bicyclic) bond motifs is 1. The number of rotatable bonds is 3. The maximum Gasteiger partial charge on any atom is 0.237 e. The molecule has 2 aliphatic heterocycles. The zero-order valence-electron chi connectivity index (χ0n) is 20.3. The largest absolute Gasteiger partial charge is 0.279 e. The van der Waals surface area contributed by atoms with E-state index in [1.165, 1.54) is 0 Å². The molecule has 8 atom stereocenters. The Bertz CT molecular complexity index is 895. The molecule has 0 spiro atoms. The highest BCUT2D eigenvalue weighted by Crippen LogP contribution is 2.47. The summed E-state index contributed by atoms with van der Waals surface area (Å²) in [5, 5.41) is 0. The molecule has 180 valence electrons. The molecule has 2 saturated carbocycles. The predicted octanol–water partition coefficient (Wildman–Crippen LogP) is 4.09. The van der Waals surface area contributed by atoms with E-state index in [0.717, 1.165) is 56.9 Å². The fourth-order valence-corrected chi connectivity index (χ4v) is 7.63. The monoisotopic (exact) mass is 454 g/mol. The van der Waals surface area contributed by atoms with E-state index < -0.39 is 5.92 Å². The lowest BCUT2D eigenvalue weighted by Gasteiger charge is -2.36. The van der Waals surface area contributed by atoms with E-state index in [1.807, 2.05) is 13.0 Å². The van der Waals surface area contributed by atoms with Crippen LogP contribution < -0.4 is 0 Å². The van der Waals surface area contributed by atoms with Crippen molar-refractivity contribution >= 4 is 23.6 Å². The van der Waals surface area contributed by atoms with E-state index in [2.05, 4.69) is 13.8 Å². The molecule has 5 aliphatic rings. The molecule has 2 saturated heterocycles. The molecule has 4 fully saturated rings. The van der Waals surface area contributed by atoms with Crippen molar-refractivity contribution in [3.05, 3.63) is 11.6 Å². The lowest BCUT2D eigenvalue weighted by molar-refractivity contribution is -0.146. The van der Waals surface area contributed by atoms with Crippen LogP contribution in [0.5, 0.6) is 0 Å². The Hall–Kier alpha value is -1.98. The van der Waals surface area contributed by atoms with Crippen molar-refractivity contribution in [3.8, 4) is 0 Å². The van der Waals surface area contributed by atoms with Gasteiger partial charge in [-0.05, 0) is 56.8 Å². The minimum absolute atomic E-state index is 0.00794. The molecule has 0 aromatic rings. The molecule has 0 aromatic carbocycles. The van der Waals surface area contributed by atoms with Gasteiger partial charge in [0, 0.05) is 18.5 Å². The first-order valence-corrected chi connectivity index (χ1v) is 13.2. The number of nitrogens with zero attached hydrogens (tertiary/aromatic N) is 2. The lowest BCUT2D eigenvalue weighted by Crippen LogP contribution is -2.46. The van der Waals surface area contributed by atoms with E-state index in [1.54, 1.807) is 9.80 Å². The summed E-state index contributed by atoms with van der Waals surface area (Å²) in [5.41, 5.74) is 0.908. The minimum atomic E-state index is -0.395. The van der Waals surface area contributed by atoms with Crippen molar-refractivity contribution in [2.75, 3.05) is 0 Å².